The topological polar surface area (TPSA) is 82.2 Å². The Morgan fingerprint density at radius 3 is 2.84 bits per heavy atom. The van der Waals surface area contributed by atoms with Crippen molar-refractivity contribution in [3.8, 4) is 5.75 Å². The maximum Gasteiger partial charge on any atom is 0.253 e. The van der Waals surface area contributed by atoms with Crippen molar-refractivity contribution in [3.63, 3.8) is 0 Å². The van der Waals surface area contributed by atoms with Gasteiger partial charge in [0.2, 0.25) is 0 Å². The average molecular weight is 260 g/mol. The van der Waals surface area contributed by atoms with Crippen LogP contribution in [-0.2, 0) is 13.6 Å². The molecule has 0 atom stereocenters. The Balaban J connectivity index is 2.03. The summed E-state index contributed by atoms with van der Waals surface area (Å²) in [5.74, 6) is 0.393. The highest BCUT2D eigenvalue weighted by atomic mass is 16.5. The molecule has 1 amide bonds. The number of nitrogen functional groups attached to an aromatic ring is 1. The molecule has 0 aliphatic rings. The molecular formula is C13H16N4O2. The molecule has 1 heterocycles. The molecule has 0 radical (unpaired) electrons. The highest BCUT2D eigenvalue weighted by Crippen LogP contribution is 2.19. The lowest BCUT2D eigenvalue weighted by atomic mass is 10.1. The summed E-state index contributed by atoms with van der Waals surface area (Å²) in [5, 5.41) is 6.95. The second-order valence-electron chi connectivity index (χ2n) is 4.12. The number of nitrogens with two attached hydrogens (primary N) is 1. The number of nitrogens with one attached hydrogen (secondary N) is 1. The van der Waals surface area contributed by atoms with Gasteiger partial charge in [0.15, 0.2) is 0 Å². The van der Waals surface area contributed by atoms with E-state index in [1.54, 1.807) is 30.0 Å². The van der Waals surface area contributed by atoms with Crippen molar-refractivity contribution in [2.24, 2.45) is 7.05 Å². The molecule has 100 valence electrons. The third-order valence-electron chi connectivity index (χ3n) is 2.70. The van der Waals surface area contributed by atoms with Crippen molar-refractivity contribution < 1.29 is 9.53 Å². The number of aryl methyl sites for hydroxylation is 1. The van der Waals surface area contributed by atoms with Crippen LogP contribution in [0.4, 0.5) is 5.69 Å². The van der Waals surface area contributed by atoms with Crippen molar-refractivity contribution in [1.82, 2.24) is 15.1 Å². The van der Waals surface area contributed by atoms with Crippen LogP contribution in [0.25, 0.3) is 0 Å². The highest BCUT2D eigenvalue weighted by molar-refractivity contribution is 5.99. The molecule has 2 rings (SSSR count). The number of aromatic nitrogens is 2. The largest absolute Gasteiger partial charge is 0.497 e. The van der Waals surface area contributed by atoms with E-state index in [4.69, 9.17) is 10.5 Å². The van der Waals surface area contributed by atoms with Crippen LogP contribution in [-0.4, -0.2) is 22.8 Å². The molecule has 1 aromatic carbocycles. The van der Waals surface area contributed by atoms with Crippen LogP contribution >= 0.6 is 0 Å². The standard InChI is InChI=1S/C13H16N4O2/c1-17-6-5-9(16-17)8-15-13(18)11-4-3-10(19-2)7-12(11)14/h3-7H,8,14H2,1-2H3,(H,15,18). The number of amides is 1. The summed E-state index contributed by atoms with van der Waals surface area (Å²) in [6.45, 7) is 0.366. The van der Waals surface area contributed by atoms with Gasteiger partial charge in [0.05, 0.1) is 24.9 Å². The lowest BCUT2D eigenvalue weighted by Crippen LogP contribution is -2.24. The van der Waals surface area contributed by atoms with E-state index in [1.165, 1.54) is 0 Å². The summed E-state index contributed by atoms with van der Waals surface area (Å²) < 4.78 is 6.72. The maximum atomic E-state index is 12.0. The van der Waals surface area contributed by atoms with Crippen LogP contribution in [0, 0.1) is 0 Å². The summed E-state index contributed by atoms with van der Waals surface area (Å²) in [5.41, 5.74) is 7.42. The molecule has 6 nitrogen and oxygen atoms in total. The second-order valence-corrected chi connectivity index (χ2v) is 4.12. The van der Waals surface area contributed by atoms with Gasteiger partial charge >= 0.3 is 0 Å². The first-order chi connectivity index (χ1) is 9.10. The number of hydrogen-bond donors (Lipinski definition) is 2. The Labute approximate surface area is 111 Å². The first-order valence-electron chi connectivity index (χ1n) is 5.80. The molecule has 0 spiro atoms. The number of hydrogen-bond acceptors (Lipinski definition) is 4. The van der Waals surface area contributed by atoms with Crippen LogP contribution in [0.15, 0.2) is 30.5 Å². The number of carbonyl (C=O) groups is 1. The van der Waals surface area contributed by atoms with Gasteiger partial charge in [-0.1, -0.05) is 0 Å². The molecule has 0 bridgehead atoms. The summed E-state index contributed by atoms with van der Waals surface area (Å²) in [6, 6.07) is 6.81. The maximum absolute atomic E-state index is 12.0. The highest BCUT2D eigenvalue weighted by Gasteiger charge is 2.10. The molecule has 0 aliphatic carbocycles. The minimum Gasteiger partial charge on any atom is -0.497 e. The van der Waals surface area contributed by atoms with Crippen molar-refractivity contribution in [3.05, 3.63) is 41.7 Å². The molecular weight excluding hydrogens is 244 g/mol. The number of ether oxygens (including phenoxy) is 1. The Morgan fingerprint density at radius 1 is 1.47 bits per heavy atom. The number of methoxy groups -OCH3 is 1. The first-order valence-corrected chi connectivity index (χ1v) is 5.80. The van der Waals surface area contributed by atoms with E-state index in [1.807, 2.05) is 19.3 Å². The van der Waals surface area contributed by atoms with Gasteiger partial charge in [-0.25, -0.2) is 0 Å². The van der Waals surface area contributed by atoms with E-state index in [0.29, 0.717) is 23.5 Å². The molecule has 2 aromatic rings. The summed E-state index contributed by atoms with van der Waals surface area (Å²) >= 11 is 0. The van der Waals surface area contributed by atoms with Gasteiger partial charge in [-0.05, 0) is 18.2 Å². The first kappa shape index (κ1) is 12.9. The molecule has 3 N–H and O–H groups in total. The number of rotatable bonds is 4. The van der Waals surface area contributed by atoms with Gasteiger partial charge in [0.25, 0.3) is 5.91 Å². The molecule has 0 unspecified atom stereocenters. The van der Waals surface area contributed by atoms with Gasteiger partial charge in [0, 0.05) is 25.0 Å². The monoisotopic (exact) mass is 260 g/mol. The molecule has 1 aromatic heterocycles. The zero-order chi connectivity index (χ0) is 13.8. The van der Waals surface area contributed by atoms with Gasteiger partial charge in [0.1, 0.15) is 5.75 Å². The van der Waals surface area contributed by atoms with E-state index in [9.17, 15) is 4.79 Å². The predicted octanol–water partition coefficient (Wildman–Crippen LogP) is 0.941. The van der Waals surface area contributed by atoms with Crippen molar-refractivity contribution in [2.45, 2.75) is 6.54 Å². The summed E-state index contributed by atoms with van der Waals surface area (Å²) in [7, 11) is 3.38. The third-order valence-corrected chi connectivity index (χ3v) is 2.70. The molecule has 6 heteroatoms. The van der Waals surface area contributed by atoms with Crippen LogP contribution in [0.3, 0.4) is 0 Å². The van der Waals surface area contributed by atoms with E-state index < -0.39 is 0 Å². The Bertz CT molecular complexity index is 592. The summed E-state index contributed by atoms with van der Waals surface area (Å²) in [6.07, 6.45) is 1.82. The van der Waals surface area contributed by atoms with Crippen molar-refractivity contribution in [2.75, 3.05) is 12.8 Å². The Morgan fingerprint density at radius 2 is 2.26 bits per heavy atom. The molecule has 0 aliphatic heterocycles. The summed E-state index contributed by atoms with van der Waals surface area (Å²) in [4.78, 5) is 12.0. The van der Waals surface area contributed by atoms with Gasteiger partial charge < -0.3 is 15.8 Å². The van der Waals surface area contributed by atoms with E-state index >= 15 is 0 Å². The lowest BCUT2D eigenvalue weighted by Gasteiger charge is -2.08. The number of benzene rings is 1. The number of anilines is 1. The van der Waals surface area contributed by atoms with Crippen LogP contribution in [0.5, 0.6) is 5.75 Å². The van der Waals surface area contributed by atoms with Crippen molar-refractivity contribution in [1.29, 1.82) is 0 Å². The van der Waals surface area contributed by atoms with Gasteiger partial charge in [-0.15, -0.1) is 0 Å². The van der Waals surface area contributed by atoms with Gasteiger partial charge in [-0.2, -0.15) is 5.10 Å². The Hall–Kier alpha value is -2.50. The number of carbonyl (C=O) groups excluding carboxylic acids is 1. The zero-order valence-electron chi connectivity index (χ0n) is 10.9. The van der Waals surface area contributed by atoms with Crippen LogP contribution in [0.2, 0.25) is 0 Å². The smallest absolute Gasteiger partial charge is 0.253 e. The Kier molecular flexibility index (Phi) is 3.70. The fourth-order valence-corrected chi connectivity index (χ4v) is 1.70. The fourth-order valence-electron chi connectivity index (χ4n) is 1.70. The second kappa shape index (κ2) is 5.43. The number of nitrogens with zero attached hydrogens (tertiary/aromatic N) is 2. The van der Waals surface area contributed by atoms with Crippen LogP contribution in [0.1, 0.15) is 16.1 Å². The SMILES string of the molecule is COc1ccc(C(=O)NCc2ccn(C)n2)c(N)c1. The van der Waals surface area contributed by atoms with Gasteiger partial charge in [-0.3, -0.25) is 9.48 Å². The molecule has 0 fully saturated rings. The molecule has 0 saturated heterocycles. The normalized spacial score (nSPS) is 10.2. The van der Waals surface area contributed by atoms with Crippen molar-refractivity contribution >= 4 is 11.6 Å². The molecule has 19 heavy (non-hydrogen) atoms. The lowest BCUT2D eigenvalue weighted by molar-refractivity contribution is 0.0951. The average Bonchev–Trinajstić information content (AvgIpc) is 2.81. The fraction of sp³-hybridized carbons (Fsp3) is 0.231. The zero-order valence-corrected chi connectivity index (χ0v) is 10.9. The van der Waals surface area contributed by atoms with E-state index in [0.717, 1.165) is 5.69 Å². The quantitative estimate of drug-likeness (QED) is 0.801. The molecule has 0 saturated carbocycles. The minimum atomic E-state index is -0.231. The minimum absolute atomic E-state index is 0.231. The third kappa shape index (κ3) is 3.04. The van der Waals surface area contributed by atoms with E-state index in [2.05, 4.69) is 10.4 Å². The predicted molar refractivity (Wildman–Crippen MR) is 71.8 cm³/mol. The van der Waals surface area contributed by atoms with Crippen LogP contribution < -0.4 is 15.8 Å². The van der Waals surface area contributed by atoms with E-state index in [-0.39, 0.29) is 5.91 Å².